The van der Waals surface area contributed by atoms with Gasteiger partial charge in [-0.05, 0) is 55.5 Å². The zero-order valence-corrected chi connectivity index (χ0v) is 14.7. The molecule has 1 aliphatic rings. The normalized spacial score (nSPS) is 13.6. The van der Waals surface area contributed by atoms with E-state index in [4.69, 9.17) is 4.74 Å². The first kappa shape index (κ1) is 17.7. The molecule has 3 rings (SSSR count). The van der Waals surface area contributed by atoms with Crippen molar-refractivity contribution in [2.45, 2.75) is 32.2 Å². The van der Waals surface area contributed by atoms with Crippen LogP contribution in [-0.4, -0.2) is 24.0 Å². The molecular weight excluding hydrogens is 334 g/mol. The molecule has 7 heteroatoms. The van der Waals surface area contributed by atoms with Gasteiger partial charge in [-0.15, -0.1) is 0 Å². The second kappa shape index (κ2) is 7.43. The zero-order valence-electron chi connectivity index (χ0n) is 14.7. The highest BCUT2D eigenvalue weighted by molar-refractivity contribution is 5.97. The van der Waals surface area contributed by atoms with Crippen molar-refractivity contribution in [3.8, 4) is 5.75 Å². The molecule has 0 saturated heterocycles. The number of carbonyl (C=O) groups excluding carboxylic acids is 1. The number of hydrogen-bond donors (Lipinski definition) is 2. The number of nitrogens with zero attached hydrogens (tertiary/aromatic N) is 1. The van der Waals surface area contributed by atoms with Crippen LogP contribution < -0.4 is 15.4 Å². The van der Waals surface area contributed by atoms with Gasteiger partial charge < -0.3 is 15.4 Å². The fourth-order valence-corrected chi connectivity index (χ4v) is 3.11. The van der Waals surface area contributed by atoms with Crippen LogP contribution in [0.3, 0.4) is 0 Å². The van der Waals surface area contributed by atoms with Crippen molar-refractivity contribution in [2.24, 2.45) is 0 Å². The van der Waals surface area contributed by atoms with Gasteiger partial charge in [0.25, 0.3) is 5.69 Å². The van der Waals surface area contributed by atoms with Crippen molar-refractivity contribution >= 4 is 23.0 Å². The summed E-state index contributed by atoms with van der Waals surface area (Å²) in [5.74, 6) is -0.00469. The molecule has 0 spiro atoms. The van der Waals surface area contributed by atoms with Crippen molar-refractivity contribution in [2.75, 3.05) is 17.7 Å². The van der Waals surface area contributed by atoms with Gasteiger partial charge in [-0.3, -0.25) is 14.9 Å². The Hall–Kier alpha value is -3.09. The summed E-state index contributed by atoms with van der Waals surface area (Å²) in [6.45, 7) is 1.76. The third-order valence-corrected chi connectivity index (χ3v) is 4.53. The average Bonchev–Trinajstić information content (AvgIpc) is 3.09. The van der Waals surface area contributed by atoms with Gasteiger partial charge in [-0.25, -0.2) is 0 Å². The summed E-state index contributed by atoms with van der Waals surface area (Å²) in [5, 5.41) is 16.8. The summed E-state index contributed by atoms with van der Waals surface area (Å²) in [6.07, 6.45) is 3.37. The molecule has 0 bridgehead atoms. The monoisotopic (exact) mass is 355 g/mol. The number of non-ortho nitro benzene ring substituents is 1. The second-order valence-corrected chi connectivity index (χ2v) is 6.33. The predicted molar refractivity (Wildman–Crippen MR) is 99.8 cm³/mol. The zero-order chi connectivity index (χ0) is 18.7. The van der Waals surface area contributed by atoms with E-state index in [-0.39, 0.29) is 17.3 Å². The predicted octanol–water partition coefficient (Wildman–Crippen LogP) is 3.53. The van der Waals surface area contributed by atoms with Crippen LogP contribution in [0, 0.1) is 10.1 Å². The van der Waals surface area contributed by atoms with Gasteiger partial charge >= 0.3 is 0 Å². The minimum absolute atomic E-state index is 0.0934. The molecule has 1 atom stereocenters. The van der Waals surface area contributed by atoms with Crippen LogP contribution in [0.15, 0.2) is 36.4 Å². The Bertz CT molecular complexity index is 851. The van der Waals surface area contributed by atoms with E-state index in [0.717, 1.165) is 18.5 Å². The van der Waals surface area contributed by atoms with Crippen molar-refractivity contribution in [1.29, 1.82) is 0 Å². The lowest BCUT2D eigenvalue weighted by atomic mass is 10.1. The number of carbonyl (C=O) groups is 1. The lowest BCUT2D eigenvalue weighted by Crippen LogP contribution is -2.32. The molecule has 0 aromatic heterocycles. The number of methoxy groups -OCH3 is 1. The minimum atomic E-state index is -0.508. The number of hydrogen-bond acceptors (Lipinski definition) is 5. The molecular formula is C19H21N3O4. The highest BCUT2D eigenvalue weighted by Gasteiger charge is 2.18. The summed E-state index contributed by atoms with van der Waals surface area (Å²) >= 11 is 0. The van der Waals surface area contributed by atoms with E-state index < -0.39 is 11.0 Å². The molecule has 1 amide bonds. The molecule has 7 nitrogen and oxygen atoms in total. The minimum Gasteiger partial charge on any atom is -0.494 e. The van der Waals surface area contributed by atoms with Crippen LogP contribution in [0.1, 0.15) is 24.5 Å². The third kappa shape index (κ3) is 3.77. The van der Waals surface area contributed by atoms with Gasteiger partial charge in [0, 0.05) is 11.8 Å². The molecule has 136 valence electrons. The van der Waals surface area contributed by atoms with Gasteiger partial charge in [-0.2, -0.15) is 0 Å². The van der Waals surface area contributed by atoms with E-state index in [1.54, 1.807) is 6.92 Å². The Balaban J connectivity index is 1.68. The Labute approximate surface area is 151 Å². The molecule has 26 heavy (non-hydrogen) atoms. The Kier molecular flexibility index (Phi) is 5.06. The number of rotatable bonds is 6. The largest absolute Gasteiger partial charge is 0.494 e. The number of aryl methyl sites for hydroxylation is 2. The summed E-state index contributed by atoms with van der Waals surface area (Å²) in [6, 6.07) is 9.80. The van der Waals surface area contributed by atoms with E-state index in [0.29, 0.717) is 5.69 Å². The Morgan fingerprint density at radius 2 is 1.96 bits per heavy atom. The van der Waals surface area contributed by atoms with Crippen molar-refractivity contribution in [3.63, 3.8) is 0 Å². The van der Waals surface area contributed by atoms with Gasteiger partial charge in [0.05, 0.1) is 23.8 Å². The summed E-state index contributed by atoms with van der Waals surface area (Å²) < 4.78 is 5.15. The number of nitro benzene ring substituents is 1. The van der Waals surface area contributed by atoms with Gasteiger partial charge in [0.2, 0.25) is 5.91 Å². The van der Waals surface area contributed by atoms with Gasteiger partial charge in [0.15, 0.2) is 0 Å². The van der Waals surface area contributed by atoms with E-state index >= 15 is 0 Å². The van der Waals surface area contributed by atoms with E-state index in [2.05, 4.69) is 22.8 Å². The Morgan fingerprint density at radius 1 is 1.19 bits per heavy atom. The quantitative estimate of drug-likeness (QED) is 0.611. The number of benzene rings is 2. The second-order valence-electron chi connectivity index (χ2n) is 6.33. The van der Waals surface area contributed by atoms with E-state index in [1.807, 2.05) is 6.07 Å². The van der Waals surface area contributed by atoms with Crippen molar-refractivity contribution < 1.29 is 14.5 Å². The SMILES string of the molecule is COc1cc([N+](=O)[O-])ccc1NC(=O)[C@@H](C)Nc1ccc2c(c1)CCC2. The van der Waals surface area contributed by atoms with E-state index in [1.165, 1.54) is 42.9 Å². The lowest BCUT2D eigenvalue weighted by Gasteiger charge is -2.17. The highest BCUT2D eigenvalue weighted by atomic mass is 16.6. The summed E-state index contributed by atoms with van der Waals surface area (Å²) in [5.41, 5.74) is 3.92. The molecule has 2 aromatic carbocycles. The molecule has 2 N–H and O–H groups in total. The number of fused-ring (bicyclic) bond motifs is 1. The van der Waals surface area contributed by atoms with Crippen molar-refractivity contribution in [1.82, 2.24) is 0 Å². The number of nitrogens with one attached hydrogen (secondary N) is 2. The molecule has 1 aliphatic carbocycles. The van der Waals surface area contributed by atoms with Gasteiger partial charge in [-0.1, -0.05) is 6.07 Å². The fraction of sp³-hybridized carbons (Fsp3) is 0.316. The van der Waals surface area contributed by atoms with Crippen molar-refractivity contribution in [3.05, 3.63) is 57.6 Å². The molecule has 0 aliphatic heterocycles. The maximum absolute atomic E-state index is 12.5. The number of ether oxygens (including phenoxy) is 1. The maximum atomic E-state index is 12.5. The van der Waals surface area contributed by atoms with Crippen LogP contribution in [0.4, 0.5) is 17.1 Å². The van der Waals surface area contributed by atoms with Gasteiger partial charge in [0.1, 0.15) is 11.8 Å². The molecule has 0 fully saturated rings. The smallest absolute Gasteiger partial charge is 0.273 e. The first-order valence-electron chi connectivity index (χ1n) is 8.49. The molecule has 0 heterocycles. The summed E-state index contributed by atoms with van der Waals surface area (Å²) in [4.78, 5) is 22.8. The van der Waals surface area contributed by atoms with Crippen LogP contribution in [0.25, 0.3) is 0 Å². The molecule has 0 unspecified atom stereocenters. The fourth-order valence-electron chi connectivity index (χ4n) is 3.11. The number of amides is 1. The topological polar surface area (TPSA) is 93.5 Å². The highest BCUT2D eigenvalue weighted by Crippen LogP contribution is 2.29. The van der Waals surface area contributed by atoms with Crippen LogP contribution >= 0.6 is 0 Å². The van der Waals surface area contributed by atoms with Crippen LogP contribution in [-0.2, 0) is 17.6 Å². The molecule has 0 saturated carbocycles. The summed E-state index contributed by atoms with van der Waals surface area (Å²) in [7, 11) is 1.40. The first-order chi connectivity index (χ1) is 12.5. The van der Waals surface area contributed by atoms with Crippen LogP contribution in [0.2, 0.25) is 0 Å². The van der Waals surface area contributed by atoms with Crippen LogP contribution in [0.5, 0.6) is 5.75 Å². The third-order valence-electron chi connectivity index (χ3n) is 4.53. The molecule has 2 aromatic rings. The number of anilines is 2. The van der Waals surface area contributed by atoms with E-state index in [9.17, 15) is 14.9 Å². The lowest BCUT2D eigenvalue weighted by molar-refractivity contribution is -0.384. The first-order valence-corrected chi connectivity index (χ1v) is 8.49. The maximum Gasteiger partial charge on any atom is 0.273 e. The Morgan fingerprint density at radius 3 is 2.69 bits per heavy atom. The number of nitro groups is 1. The average molecular weight is 355 g/mol. The molecule has 0 radical (unpaired) electrons. The standard InChI is InChI=1S/C19H21N3O4/c1-12(20-15-7-6-13-4-3-5-14(13)10-15)19(23)21-17-9-8-16(22(24)25)11-18(17)26-2/h6-12,20H,3-5H2,1-2H3,(H,21,23)/t12-/m1/s1.